The molecule has 30 heavy (non-hydrogen) atoms. The third-order valence-corrected chi connectivity index (χ3v) is 5.79. The van der Waals surface area contributed by atoms with Gasteiger partial charge in [0.25, 0.3) is 0 Å². The third-order valence-electron chi connectivity index (χ3n) is 5.79. The van der Waals surface area contributed by atoms with Crippen LogP contribution in [0.1, 0.15) is 18.5 Å². The van der Waals surface area contributed by atoms with Crippen LogP contribution in [0.2, 0.25) is 0 Å². The molecule has 6 heteroatoms. The molecule has 0 unspecified atom stereocenters. The summed E-state index contributed by atoms with van der Waals surface area (Å²) in [5, 5.41) is 9.62. The Morgan fingerprint density at radius 3 is 2.77 bits per heavy atom. The van der Waals surface area contributed by atoms with E-state index < -0.39 is 0 Å². The van der Waals surface area contributed by atoms with Crippen molar-refractivity contribution in [2.45, 2.75) is 25.4 Å². The van der Waals surface area contributed by atoms with E-state index in [1.807, 2.05) is 12.1 Å². The van der Waals surface area contributed by atoms with Crippen LogP contribution in [0.15, 0.2) is 54.7 Å². The van der Waals surface area contributed by atoms with Gasteiger partial charge in [0.2, 0.25) is 0 Å². The number of allylic oxidation sites excluding steroid dienone is 1. The minimum absolute atomic E-state index is 0.142. The molecule has 1 atom stereocenters. The lowest BCUT2D eigenvalue weighted by Gasteiger charge is -2.33. The molecule has 1 N–H and O–H groups in total. The van der Waals surface area contributed by atoms with E-state index in [2.05, 4.69) is 52.2 Å². The van der Waals surface area contributed by atoms with Crippen LogP contribution < -0.4 is 9.64 Å². The maximum absolute atomic E-state index is 9.62. The van der Waals surface area contributed by atoms with E-state index in [1.54, 1.807) is 12.1 Å². The highest BCUT2D eigenvalue weighted by atomic mass is 16.5. The molecule has 2 saturated heterocycles. The predicted octanol–water partition coefficient (Wildman–Crippen LogP) is 3.14. The van der Waals surface area contributed by atoms with E-state index in [9.17, 15) is 5.11 Å². The second-order valence-electron chi connectivity index (χ2n) is 8.24. The monoisotopic (exact) mass is 408 g/mol. The minimum Gasteiger partial charge on any atom is -0.508 e. The second kappa shape index (κ2) is 9.85. The van der Waals surface area contributed by atoms with Gasteiger partial charge in [-0.1, -0.05) is 18.2 Å². The van der Waals surface area contributed by atoms with Crippen molar-refractivity contribution in [1.29, 1.82) is 0 Å². The quantitative estimate of drug-likeness (QED) is 0.793. The first-order chi connectivity index (χ1) is 14.7. The first-order valence-electron chi connectivity index (χ1n) is 10.9. The Labute approximate surface area is 179 Å². The van der Waals surface area contributed by atoms with E-state index in [1.165, 1.54) is 0 Å². The number of hydrogen-bond acceptors (Lipinski definition) is 6. The molecule has 160 valence electrons. The molecule has 0 aliphatic carbocycles. The van der Waals surface area contributed by atoms with Crippen LogP contribution in [0.4, 0.5) is 5.82 Å². The molecule has 0 saturated carbocycles. The number of aromatic nitrogens is 1. The number of rotatable bonds is 6. The van der Waals surface area contributed by atoms with Gasteiger partial charge in [0, 0.05) is 50.9 Å². The lowest BCUT2D eigenvalue weighted by atomic mass is 10.1. The fraction of sp³-hybridized carbons (Fsp3) is 0.458. The van der Waals surface area contributed by atoms with Crippen molar-refractivity contribution in [3.8, 4) is 11.5 Å². The number of likely N-dealkylation sites (N-methyl/N-ethyl adjacent to an activating group) is 1. The van der Waals surface area contributed by atoms with Gasteiger partial charge in [0.15, 0.2) is 0 Å². The van der Waals surface area contributed by atoms with Crippen LogP contribution in [0.25, 0.3) is 0 Å². The number of benzene rings is 1. The molecule has 0 amide bonds. The molecule has 0 bridgehead atoms. The van der Waals surface area contributed by atoms with Crippen LogP contribution >= 0.6 is 0 Å². The number of piperazine rings is 1. The predicted molar refractivity (Wildman–Crippen MR) is 120 cm³/mol. The Morgan fingerprint density at radius 1 is 1.10 bits per heavy atom. The average Bonchev–Trinajstić information content (AvgIpc) is 2.75. The Balaban J connectivity index is 1.29. The molecule has 2 aliphatic heterocycles. The SMILES string of the molecule is CN1CCN(c2cccc(C/C=C/N3CCC[C@H](Oc4cccc(O)c4)C3)n2)CC1. The van der Waals surface area contributed by atoms with Gasteiger partial charge in [0.05, 0.1) is 6.54 Å². The fourth-order valence-corrected chi connectivity index (χ4v) is 4.06. The van der Waals surface area contributed by atoms with Gasteiger partial charge in [-0.25, -0.2) is 4.98 Å². The molecule has 2 aromatic rings. The summed E-state index contributed by atoms with van der Waals surface area (Å²) < 4.78 is 6.06. The molecule has 4 rings (SSSR count). The highest BCUT2D eigenvalue weighted by molar-refractivity contribution is 5.40. The summed E-state index contributed by atoms with van der Waals surface area (Å²) in [5.74, 6) is 2.06. The Morgan fingerprint density at radius 2 is 1.93 bits per heavy atom. The lowest BCUT2D eigenvalue weighted by molar-refractivity contribution is 0.114. The molecular formula is C24H32N4O2. The summed E-state index contributed by atoms with van der Waals surface area (Å²) in [7, 11) is 2.17. The van der Waals surface area contributed by atoms with E-state index in [4.69, 9.17) is 9.72 Å². The van der Waals surface area contributed by atoms with Crippen LogP contribution in [0, 0.1) is 0 Å². The Hall–Kier alpha value is -2.73. The molecule has 3 heterocycles. The average molecular weight is 409 g/mol. The highest BCUT2D eigenvalue weighted by Gasteiger charge is 2.19. The van der Waals surface area contributed by atoms with Gasteiger partial charge in [-0.3, -0.25) is 0 Å². The number of ether oxygens (including phenoxy) is 1. The molecule has 2 aliphatic rings. The highest BCUT2D eigenvalue weighted by Crippen LogP contribution is 2.22. The van der Waals surface area contributed by atoms with Crippen LogP contribution in [-0.2, 0) is 6.42 Å². The molecule has 0 spiro atoms. The van der Waals surface area contributed by atoms with Gasteiger partial charge in [-0.15, -0.1) is 0 Å². The number of phenols is 1. The molecule has 2 fully saturated rings. The van der Waals surface area contributed by atoms with Crippen LogP contribution in [-0.4, -0.2) is 72.3 Å². The molecule has 1 aromatic carbocycles. The van der Waals surface area contributed by atoms with Gasteiger partial charge in [-0.05, 0) is 50.4 Å². The first-order valence-corrected chi connectivity index (χ1v) is 10.9. The third kappa shape index (κ3) is 5.66. The zero-order valence-corrected chi connectivity index (χ0v) is 17.8. The molecule has 6 nitrogen and oxygen atoms in total. The summed E-state index contributed by atoms with van der Waals surface area (Å²) >= 11 is 0. The van der Waals surface area contributed by atoms with Crippen molar-refractivity contribution in [1.82, 2.24) is 14.8 Å². The zero-order valence-electron chi connectivity index (χ0n) is 17.8. The number of anilines is 1. The number of nitrogens with zero attached hydrogens (tertiary/aromatic N) is 4. The van der Waals surface area contributed by atoms with Crippen molar-refractivity contribution in [3.63, 3.8) is 0 Å². The molecule has 0 radical (unpaired) electrons. The van der Waals surface area contributed by atoms with Crippen molar-refractivity contribution in [2.75, 3.05) is 51.2 Å². The minimum atomic E-state index is 0.142. The fourth-order valence-electron chi connectivity index (χ4n) is 4.06. The number of aromatic hydroxyl groups is 1. The number of piperidine rings is 1. The van der Waals surface area contributed by atoms with E-state index >= 15 is 0 Å². The van der Waals surface area contributed by atoms with E-state index in [0.29, 0.717) is 0 Å². The van der Waals surface area contributed by atoms with Gasteiger partial charge >= 0.3 is 0 Å². The topological polar surface area (TPSA) is 52.1 Å². The largest absolute Gasteiger partial charge is 0.508 e. The summed E-state index contributed by atoms with van der Waals surface area (Å²) in [4.78, 5) is 11.9. The Kier molecular flexibility index (Phi) is 6.74. The lowest BCUT2D eigenvalue weighted by Crippen LogP contribution is -2.44. The van der Waals surface area contributed by atoms with E-state index in [-0.39, 0.29) is 11.9 Å². The summed E-state index contributed by atoms with van der Waals surface area (Å²) in [6.45, 7) is 6.17. The van der Waals surface area contributed by atoms with Gasteiger partial charge in [-0.2, -0.15) is 0 Å². The second-order valence-corrected chi connectivity index (χ2v) is 8.24. The van der Waals surface area contributed by atoms with Crippen molar-refractivity contribution in [2.24, 2.45) is 0 Å². The van der Waals surface area contributed by atoms with E-state index in [0.717, 1.165) is 75.8 Å². The maximum Gasteiger partial charge on any atom is 0.128 e. The Bertz CT molecular complexity index is 849. The number of pyridine rings is 1. The number of phenolic OH excluding ortho intramolecular Hbond substituents is 1. The standard InChI is InChI=1S/C24H32N4O2/c1-26-14-16-28(17-15-26)24-11-2-6-20(25-24)7-4-12-27-13-5-10-23(19-27)30-22-9-3-8-21(29)18-22/h2-4,6,8-9,11-12,18,23,29H,5,7,10,13-17,19H2,1H3/b12-4+/t23-/m0/s1. The van der Waals surface area contributed by atoms with Crippen LogP contribution in [0.5, 0.6) is 11.5 Å². The molecular weight excluding hydrogens is 376 g/mol. The maximum atomic E-state index is 9.62. The first kappa shape index (κ1) is 20.5. The zero-order chi connectivity index (χ0) is 20.8. The van der Waals surface area contributed by atoms with Crippen molar-refractivity contribution < 1.29 is 9.84 Å². The molecule has 1 aromatic heterocycles. The number of hydrogen-bond donors (Lipinski definition) is 1. The number of likely N-dealkylation sites (tertiary alicyclic amines) is 1. The van der Waals surface area contributed by atoms with Gasteiger partial charge < -0.3 is 24.5 Å². The normalized spacial score (nSPS) is 20.6. The smallest absolute Gasteiger partial charge is 0.128 e. The van der Waals surface area contributed by atoms with Crippen molar-refractivity contribution in [3.05, 3.63) is 60.4 Å². The van der Waals surface area contributed by atoms with Crippen LogP contribution in [0.3, 0.4) is 0 Å². The summed E-state index contributed by atoms with van der Waals surface area (Å²) in [6, 6.07) is 13.4. The summed E-state index contributed by atoms with van der Waals surface area (Å²) in [6.07, 6.45) is 7.49. The van der Waals surface area contributed by atoms with Gasteiger partial charge in [0.1, 0.15) is 23.4 Å². The summed E-state index contributed by atoms with van der Waals surface area (Å²) in [5.41, 5.74) is 1.10. The van der Waals surface area contributed by atoms with Crippen molar-refractivity contribution >= 4 is 5.82 Å².